The minimum absolute atomic E-state index is 0.0350. The molecular weight excluding hydrogens is 961 g/mol. The number of fused-ring (bicyclic) bond motifs is 7. The second-order valence-electron chi connectivity index (χ2n) is 20.5. The van der Waals surface area contributed by atoms with Gasteiger partial charge < -0.3 is 45.0 Å². The highest BCUT2D eigenvalue weighted by Crippen LogP contribution is 2.67. The standard InChI is InChI=1S/C54H66N4O14S/c1-33-26-34(27-35(31-69-4)49(33)72-51(64)47-39-10-5-7-12-42(39)58(22-9-25-73(66,67)68)43-13-8-6-11-40(43)47)50(63)56-21-24-70-23-20-55-46(62)32-71-57-37-16-18-52(2)36(28-37)14-15-38-41-17-19-54(65,45(61)30-59)53(41,3)29-44(60)48(38)52/h5-8,10-13,26-28,38,41,44,48,59-60,65H,9,14-25,29-32H2,1-4H3,(H2-,55,56,62,63,66,67,68)/p+1. The Morgan fingerprint density at radius 2 is 1.62 bits per heavy atom. The van der Waals surface area contributed by atoms with Gasteiger partial charge in [-0.25, -0.2) is 4.79 Å². The Labute approximate surface area is 424 Å². The van der Waals surface area contributed by atoms with Gasteiger partial charge in [0, 0.05) is 55.3 Å². The molecule has 0 aliphatic heterocycles. The van der Waals surface area contributed by atoms with Crippen molar-refractivity contribution >= 4 is 61.2 Å². The molecule has 7 atom stereocenters. The van der Waals surface area contributed by atoms with E-state index in [0.29, 0.717) is 69.7 Å². The monoisotopic (exact) mass is 1030 g/mol. The highest BCUT2D eigenvalue weighted by molar-refractivity contribution is 7.85. The van der Waals surface area contributed by atoms with Gasteiger partial charge in [-0.3, -0.25) is 18.9 Å². The first-order valence-electron chi connectivity index (χ1n) is 25.0. The number of pyridine rings is 1. The second-order valence-corrected chi connectivity index (χ2v) is 22.0. The SMILES string of the molecule is COCc1cc(C(=O)NCCOCCNC(=O)CON=C2C=C3CCC4C(C(O)CC5(C)C4CCC5(O)C(=O)CO)C3(C)CC2)cc(C)c1OC(=O)c1c2ccccc2[n+](CCCS(=O)(=O)O)c2ccccc12. The van der Waals surface area contributed by atoms with Crippen LogP contribution in [0.4, 0.5) is 0 Å². The molecule has 4 aromatic rings. The molecule has 4 aliphatic carbocycles. The largest absolute Gasteiger partial charge is 0.422 e. The first-order chi connectivity index (χ1) is 34.8. The number of allylic oxidation sites excluding steroid dienone is 2. The van der Waals surface area contributed by atoms with E-state index >= 15 is 0 Å². The number of aliphatic hydroxyl groups excluding tert-OH is 2. The maximum absolute atomic E-state index is 14.2. The number of carbonyl (C=O) groups excluding carboxylic acids is 4. The lowest BCUT2D eigenvalue weighted by Crippen LogP contribution is -2.62. The number of methoxy groups -OCH3 is 1. The fourth-order valence-corrected chi connectivity index (χ4v) is 13.3. The summed E-state index contributed by atoms with van der Waals surface area (Å²) < 4.78 is 51.5. The highest BCUT2D eigenvalue weighted by Gasteiger charge is 2.68. The molecule has 4 aliphatic rings. The molecule has 1 aromatic heterocycles. The van der Waals surface area contributed by atoms with E-state index in [0.717, 1.165) is 25.0 Å². The van der Waals surface area contributed by atoms with Crippen LogP contribution in [0, 0.1) is 35.5 Å². The number of benzene rings is 3. The summed E-state index contributed by atoms with van der Waals surface area (Å²) >= 11 is 0. The van der Waals surface area contributed by atoms with E-state index in [2.05, 4.69) is 22.7 Å². The van der Waals surface area contributed by atoms with E-state index in [-0.39, 0.29) is 93.2 Å². The maximum atomic E-state index is 14.2. The minimum atomic E-state index is -4.17. The van der Waals surface area contributed by atoms with Crippen molar-refractivity contribution in [3.8, 4) is 5.75 Å². The number of aromatic nitrogens is 1. The van der Waals surface area contributed by atoms with Gasteiger partial charge in [-0.05, 0) is 111 Å². The molecule has 0 bridgehead atoms. The van der Waals surface area contributed by atoms with Crippen molar-refractivity contribution in [3.63, 3.8) is 0 Å². The third-order valence-electron chi connectivity index (χ3n) is 16.2. The molecule has 73 heavy (non-hydrogen) atoms. The molecular formula is C54H67N4O14S+. The third-order valence-corrected chi connectivity index (χ3v) is 17.0. The van der Waals surface area contributed by atoms with Gasteiger partial charge >= 0.3 is 5.97 Å². The van der Waals surface area contributed by atoms with E-state index < -0.39 is 51.4 Å². The summed E-state index contributed by atoms with van der Waals surface area (Å²) in [6.07, 6.45) is 5.69. The Kier molecular flexibility index (Phi) is 16.2. The summed E-state index contributed by atoms with van der Waals surface area (Å²) in [7, 11) is -2.67. The molecule has 1 heterocycles. The normalized spacial score (nSPS) is 26.1. The number of amides is 2. The summed E-state index contributed by atoms with van der Waals surface area (Å²) in [5.74, 6) is -1.95. The highest BCUT2D eigenvalue weighted by atomic mass is 32.2. The van der Waals surface area contributed by atoms with E-state index in [1.54, 1.807) is 43.3 Å². The number of aliphatic hydroxyl groups is 3. The quantitative estimate of drug-likeness (QED) is 0.0134. The number of rotatable bonds is 20. The molecule has 18 nitrogen and oxygen atoms in total. The van der Waals surface area contributed by atoms with Crippen molar-refractivity contribution in [2.75, 3.05) is 52.4 Å². The molecule has 3 aromatic carbocycles. The molecule has 8 rings (SSSR count). The third kappa shape index (κ3) is 10.8. The number of ether oxygens (including phenoxy) is 3. The predicted octanol–water partition coefficient (Wildman–Crippen LogP) is 4.69. The number of nitrogens with zero attached hydrogens (tertiary/aromatic N) is 2. The van der Waals surface area contributed by atoms with Gasteiger partial charge in [0.25, 0.3) is 21.9 Å². The van der Waals surface area contributed by atoms with Crippen molar-refractivity contribution in [2.45, 2.75) is 97.0 Å². The average Bonchev–Trinajstić information content (AvgIpc) is 3.63. The van der Waals surface area contributed by atoms with Crippen LogP contribution in [0.5, 0.6) is 5.75 Å². The molecule has 3 fully saturated rings. The first kappa shape index (κ1) is 53.6. The van der Waals surface area contributed by atoms with Crippen LogP contribution < -0.4 is 19.9 Å². The van der Waals surface area contributed by atoms with Crippen LogP contribution in [-0.4, -0.2) is 122 Å². The number of esters is 1. The Hall–Kier alpha value is -5.67. The van der Waals surface area contributed by atoms with Crippen LogP contribution in [0.1, 0.15) is 97.1 Å². The van der Waals surface area contributed by atoms with E-state index in [1.807, 2.05) is 41.8 Å². The predicted molar refractivity (Wildman–Crippen MR) is 269 cm³/mol. The lowest BCUT2D eigenvalue weighted by Gasteiger charge is -2.60. The Morgan fingerprint density at radius 1 is 0.932 bits per heavy atom. The number of hydrogen-bond acceptors (Lipinski definition) is 14. The van der Waals surface area contributed by atoms with Crippen LogP contribution >= 0.6 is 0 Å². The molecule has 19 heteroatoms. The number of ketones is 1. The van der Waals surface area contributed by atoms with Gasteiger partial charge in [0.2, 0.25) is 11.0 Å². The first-order valence-corrected chi connectivity index (χ1v) is 26.6. The van der Waals surface area contributed by atoms with Gasteiger partial charge in [-0.2, -0.15) is 13.0 Å². The number of nitrogens with one attached hydrogen (secondary N) is 2. The smallest absolute Gasteiger partial charge is 0.345 e. The maximum Gasteiger partial charge on any atom is 0.345 e. The number of oxime groups is 1. The summed E-state index contributed by atoms with van der Waals surface area (Å²) in [5.41, 5.74) is 2.18. The van der Waals surface area contributed by atoms with Gasteiger partial charge in [0.1, 0.15) is 18.0 Å². The lowest BCUT2D eigenvalue weighted by molar-refractivity contribution is -0.645. The Balaban J connectivity index is 0.794. The zero-order valence-corrected chi connectivity index (χ0v) is 42.7. The molecule has 0 spiro atoms. The number of para-hydroxylation sites is 2. The number of hydrogen-bond donors (Lipinski definition) is 6. The molecule has 6 N–H and O–H groups in total. The van der Waals surface area contributed by atoms with Crippen molar-refractivity contribution < 1.29 is 71.1 Å². The van der Waals surface area contributed by atoms with Gasteiger partial charge in [-0.15, -0.1) is 0 Å². The lowest BCUT2D eigenvalue weighted by atomic mass is 9.45. The van der Waals surface area contributed by atoms with Crippen molar-refractivity contribution in [2.24, 2.45) is 33.7 Å². The van der Waals surface area contributed by atoms with Crippen LogP contribution in [0.15, 0.2) is 77.5 Å². The second kappa shape index (κ2) is 22.0. The molecule has 0 saturated heterocycles. The zero-order chi connectivity index (χ0) is 52.3. The van der Waals surface area contributed by atoms with Gasteiger partial charge in [-0.1, -0.05) is 48.8 Å². The fourth-order valence-electron chi connectivity index (χ4n) is 12.8. The fraction of sp³-hybridized carbons (Fsp3) is 0.519. The van der Waals surface area contributed by atoms with Crippen LogP contribution in [-0.2, 0) is 47.2 Å². The Morgan fingerprint density at radius 3 is 2.29 bits per heavy atom. The summed E-state index contributed by atoms with van der Waals surface area (Å²) in [6.45, 7) is 5.88. The minimum Gasteiger partial charge on any atom is -0.422 e. The van der Waals surface area contributed by atoms with E-state index in [9.17, 15) is 47.5 Å². The molecule has 2 amide bonds. The summed E-state index contributed by atoms with van der Waals surface area (Å²) in [5, 5.41) is 43.8. The average molecular weight is 1030 g/mol. The number of aryl methyl sites for hydroxylation is 2. The Bertz CT molecular complexity index is 2900. The number of Topliss-reactive ketones (excluding diaryl/α,β-unsaturated/α-hetero) is 1. The van der Waals surface area contributed by atoms with Crippen molar-refractivity contribution in [1.82, 2.24) is 10.6 Å². The zero-order valence-electron chi connectivity index (χ0n) is 41.9. The number of carbonyl (C=O) groups is 4. The molecule has 0 radical (unpaired) electrons. The summed E-state index contributed by atoms with van der Waals surface area (Å²) in [6, 6.07) is 17.7. The topological polar surface area (TPSA) is 261 Å². The van der Waals surface area contributed by atoms with Crippen LogP contribution in [0.2, 0.25) is 0 Å². The van der Waals surface area contributed by atoms with Gasteiger partial charge in [0.05, 0.1) is 53.7 Å². The van der Waals surface area contributed by atoms with Crippen molar-refractivity contribution in [3.05, 3.63) is 94.6 Å². The van der Waals surface area contributed by atoms with E-state index in [4.69, 9.17) is 19.0 Å². The summed E-state index contributed by atoms with van der Waals surface area (Å²) in [4.78, 5) is 58.3. The van der Waals surface area contributed by atoms with Crippen LogP contribution in [0.3, 0.4) is 0 Å². The van der Waals surface area contributed by atoms with Gasteiger partial charge in [0.15, 0.2) is 18.9 Å². The molecule has 7 unspecified atom stereocenters. The molecule has 392 valence electrons. The van der Waals surface area contributed by atoms with Crippen LogP contribution in [0.25, 0.3) is 21.8 Å². The van der Waals surface area contributed by atoms with E-state index in [1.165, 1.54) is 12.7 Å². The molecule has 3 saturated carbocycles. The van der Waals surface area contributed by atoms with Crippen molar-refractivity contribution in [1.29, 1.82) is 0 Å².